The molecule has 1 aliphatic rings. The number of carboxylic acids is 1. The summed E-state index contributed by atoms with van der Waals surface area (Å²) in [7, 11) is 1.49. The second-order valence-electron chi connectivity index (χ2n) is 7.98. The molecule has 0 aromatic heterocycles. The average Bonchev–Trinajstić information content (AvgIpc) is 3.16. The van der Waals surface area contributed by atoms with Crippen LogP contribution >= 0.6 is 11.8 Å². The zero-order valence-electron chi connectivity index (χ0n) is 19.3. The Morgan fingerprint density at radius 1 is 0.971 bits per heavy atom. The van der Waals surface area contributed by atoms with Crippen LogP contribution < -0.4 is 10.6 Å². The second-order valence-corrected chi connectivity index (χ2v) is 8.97. The van der Waals surface area contributed by atoms with E-state index in [-0.39, 0.29) is 32.0 Å². The number of benzene rings is 2. The number of alkyl carbamates (subject to hydrolysis) is 1. The molecule has 3 N–H and O–H groups in total. The molecule has 0 fully saturated rings. The molecule has 9 heteroatoms. The van der Waals surface area contributed by atoms with E-state index in [1.165, 1.54) is 18.9 Å². The minimum absolute atomic E-state index is 0.104. The lowest BCUT2D eigenvalue weighted by molar-refractivity contribution is -0.142. The molecule has 0 aliphatic heterocycles. The Kier molecular flexibility index (Phi) is 9.35. The summed E-state index contributed by atoms with van der Waals surface area (Å²) in [5.41, 5.74) is 4.41. The molecule has 0 saturated carbocycles. The topological polar surface area (TPSA) is 114 Å². The van der Waals surface area contributed by atoms with Crippen LogP contribution in [0.3, 0.4) is 0 Å². The lowest BCUT2D eigenvalue weighted by Gasteiger charge is -2.21. The maximum absolute atomic E-state index is 12.7. The lowest BCUT2D eigenvalue weighted by Crippen LogP contribution is -2.52. The molecule has 0 heterocycles. The SMILES string of the molecule is COCCC(NC(=O)OCC1c2ccccc2-c2ccccc21)C(=O)N[C@H](CCSC)C(=O)O. The quantitative estimate of drug-likeness (QED) is 0.422. The number of rotatable bonds is 12. The molecule has 2 aromatic rings. The number of hydrogen-bond acceptors (Lipinski definition) is 6. The summed E-state index contributed by atoms with van der Waals surface area (Å²) in [4.78, 5) is 36.9. The van der Waals surface area contributed by atoms with Crippen LogP contribution in [0.1, 0.15) is 29.9 Å². The van der Waals surface area contributed by atoms with Crippen LogP contribution in [0.15, 0.2) is 48.5 Å². The van der Waals surface area contributed by atoms with Crippen molar-refractivity contribution in [2.24, 2.45) is 0 Å². The number of carbonyl (C=O) groups is 3. The Morgan fingerprint density at radius 3 is 2.15 bits per heavy atom. The summed E-state index contributed by atoms with van der Waals surface area (Å²) < 4.78 is 10.6. The number of aliphatic carboxylic acids is 1. The highest BCUT2D eigenvalue weighted by Crippen LogP contribution is 2.44. The van der Waals surface area contributed by atoms with Gasteiger partial charge in [0.15, 0.2) is 0 Å². The third-order valence-electron chi connectivity index (χ3n) is 5.79. The highest BCUT2D eigenvalue weighted by molar-refractivity contribution is 7.98. The van der Waals surface area contributed by atoms with E-state index in [0.29, 0.717) is 5.75 Å². The molecule has 0 saturated heterocycles. The highest BCUT2D eigenvalue weighted by atomic mass is 32.2. The Hall–Kier alpha value is -3.04. The third kappa shape index (κ3) is 6.30. The first-order valence-corrected chi connectivity index (χ1v) is 12.5. The summed E-state index contributed by atoms with van der Waals surface area (Å²) in [6, 6.07) is 14.0. The van der Waals surface area contributed by atoms with Gasteiger partial charge >= 0.3 is 12.1 Å². The van der Waals surface area contributed by atoms with Crippen molar-refractivity contribution in [1.82, 2.24) is 10.6 Å². The lowest BCUT2D eigenvalue weighted by atomic mass is 9.98. The Labute approximate surface area is 203 Å². The number of amides is 2. The van der Waals surface area contributed by atoms with Crippen molar-refractivity contribution >= 4 is 29.7 Å². The fraction of sp³-hybridized carbons (Fsp3) is 0.400. The third-order valence-corrected chi connectivity index (χ3v) is 6.43. The first-order valence-electron chi connectivity index (χ1n) is 11.1. The van der Waals surface area contributed by atoms with Crippen LogP contribution in [0, 0.1) is 0 Å². The zero-order valence-corrected chi connectivity index (χ0v) is 20.1. The molecule has 1 unspecified atom stereocenters. The van der Waals surface area contributed by atoms with Gasteiger partial charge in [-0.1, -0.05) is 48.5 Å². The number of hydrogen-bond donors (Lipinski definition) is 3. The van der Waals surface area contributed by atoms with Gasteiger partial charge in [-0.25, -0.2) is 9.59 Å². The van der Waals surface area contributed by atoms with Crippen molar-refractivity contribution in [2.75, 3.05) is 32.3 Å². The maximum atomic E-state index is 12.7. The fourth-order valence-electron chi connectivity index (χ4n) is 4.05. The molecular weight excluding hydrogens is 456 g/mol. The monoisotopic (exact) mass is 486 g/mol. The molecule has 3 rings (SSSR count). The highest BCUT2D eigenvalue weighted by Gasteiger charge is 2.30. The fourth-order valence-corrected chi connectivity index (χ4v) is 4.52. The first kappa shape index (κ1) is 25.6. The van der Waals surface area contributed by atoms with E-state index in [1.54, 1.807) is 0 Å². The van der Waals surface area contributed by atoms with Crippen LogP contribution in [0.2, 0.25) is 0 Å². The Bertz CT molecular complexity index is 969. The van der Waals surface area contributed by atoms with Gasteiger partial charge in [-0.2, -0.15) is 11.8 Å². The normalized spacial score (nSPS) is 13.9. The van der Waals surface area contributed by atoms with Gasteiger partial charge in [0.2, 0.25) is 5.91 Å². The van der Waals surface area contributed by atoms with Gasteiger partial charge < -0.3 is 25.2 Å². The van der Waals surface area contributed by atoms with E-state index in [9.17, 15) is 19.5 Å². The molecule has 34 heavy (non-hydrogen) atoms. The van der Waals surface area contributed by atoms with Gasteiger partial charge in [-0.05, 0) is 40.7 Å². The molecule has 0 radical (unpaired) electrons. The van der Waals surface area contributed by atoms with Crippen molar-refractivity contribution in [3.63, 3.8) is 0 Å². The second kappa shape index (κ2) is 12.4. The average molecular weight is 487 g/mol. The van der Waals surface area contributed by atoms with Crippen LogP contribution in [0.5, 0.6) is 0 Å². The summed E-state index contributed by atoms with van der Waals surface area (Å²) in [6.07, 6.45) is 1.58. The van der Waals surface area contributed by atoms with Gasteiger partial charge in [0.25, 0.3) is 0 Å². The summed E-state index contributed by atoms with van der Waals surface area (Å²) >= 11 is 1.49. The summed E-state index contributed by atoms with van der Waals surface area (Å²) in [6.45, 7) is 0.328. The molecular formula is C25H30N2O6S. The van der Waals surface area contributed by atoms with Crippen molar-refractivity contribution in [3.8, 4) is 11.1 Å². The Morgan fingerprint density at radius 2 is 1.59 bits per heavy atom. The van der Waals surface area contributed by atoms with E-state index in [0.717, 1.165) is 22.3 Å². The van der Waals surface area contributed by atoms with Crippen molar-refractivity contribution in [3.05, 3.63) is 59.7 Å². The number of carbonyl (C=O) groups excluding carboxylic acids is 2. The standard InChI is InChI=1S/C25H30N2O6S/c1-32-13-11-21(23(28)26-22(24(29)30)12-14-34-2)27-25(31)33-15-20-18-9-5-3-7-16(18)17-8-4-6-10-19(17)20/h3-10,20-22H,11-15H2,1-2H3,(H,26,28)(H,27,31)(H,29,30)/t21?,22-/m1/s1. The summed E-state index contributed by atoms with van der Waals surface area (Å²) in [5, 5.41) is 14.5. The number of thioether (sulfide) groups is 1. The minimum atomic E-state index is -1.12. The van der Waals surface area contributed by atoms with Gasteiger partial charge in [-0.15, -0.1) is 0 Å². The van der Waals surface area contributed by atoms with Crippen LogP contribution in [0.25, 0.3) is 11.1 Å². The minimum Gasteiger partial charge on any atom is -0.480 e. The maximum Gasteiger partial charge on any atom is 0.407 e. The van der Waals surface area contributed by atoms with Gasteiger partial charge in [0.1, 0.15) is 18.7 Å². The summed E-state index contributed by atoms with van der Waals surface area (Å²) in [5.74, 6) is -1.22. The van der Waals surface area contributed by atoms with Crippen molar-refractivity contribution < 1.29 is 29.0 Å². The largest absolute Gasteiger partial charge is 0.480 e. The van der Waals surface area contributed by atoms with Crippen LogP contribution in [0.4, 0.5) is 4.79 Å². The van der Waals surface area contributed by atoms with E-state index in [4.69, 9.17) is 9.47 Å². The molecule has 1 aliphatic carbocycles. The van der Waals surface area contributed by atoms with Crippen LogP contribution in [-0.2, 0) is 19.1 Å². The van der Waals surface area contributed by atoms with Gasteiger partial charge in [0, 0.05) is 26.1 Å². The molecule has 2 atom stereocenters. The van der Waals surface area contributed by atoms with Crippen molar-refractivity contribution in [1.29, 1.82) is 0 Å². The molecule has 182 valence electrons. The Balaban J connectivity index is 1.64. The van der Waals surface area contributed by atoms with Crippen molar-refractivity contribution in [2.45, 2.75) is 30.8 Å². The number of methoxy groups -OCH3 is 1. The molecule has 2 aromatic carbocycles. The smallest absolute Gasteiger partial charge is 0.407 e. The molecule has 2 amide bonds. The van der Waals surface area contributed by atoms with Gasteiger partial charge in [0.05, 0.1) is 0 Å². The zero-order chi connectivity index (χ0) is 24.5. The van der Waals surface area contributed by atoms with E-state index >= 15 is 0 Å². The number of ether oxygens (including phenoxy) is 2. The molecule has 0 bridgehead atoms. The first-order chi connectivity index (χ1) is 16.5. The number of nitrogens with one attached hydrogen (secondary N) is 2. The number of fused-ring (bicyclic) bond motifs is 3. The number of carboxylic acid groups (broad SMARTS) is 1. The van der Waals surface area contributed by atoms with E-state index < -0.39 is 30.1 Å². The van der Waals surface area contributed by atoms with E-state index in [2.05, 4.69) is 22.8 Å². The van der Waals surface area contributed by atoms with E-state index in [1.807, 2.05) is 42.7 Å². The molecule has 8 nitrogen and oxygen atoms in total. The predicted octanol–water partition coefficient (Wildman–Crippen LogP) is 3.25. The molecule has 0 spiro atoms. The predicted molar refractivity (Wildman–Crippen MR) is 131 cm³/mol. The van der Waals surface area contributed by atoms with Crippen LogP contribution in [-0.4, -0.2) is 67.5 Å². The van der Waals surface area contributed by atoms with Gasteiger partial charge in [-0.3, -0.25) is 4.79 Å².